The van der Waals surface area contributed by atoms with Gasteiger partial charge in [-0.25, -0.2) is 14.8 Å². The molecule has 0 bridgehead atoms. The third kappa shape index (κ3) is 3.45. The fourth-order valence-electron chi connectivity index (χ4n) is 3.51. The molecule has 2 aromatic heterocycles. The Morgan fingerprint density at radius 1 is 1.18 bits per heavy atom. The van der Waals surface area contributed by atoms with Gasteiger partial charge >= 0.3 is 5.63 Å². The van der Waals surface area contributed by atoms with Crippen LogP contribution >= 0.6 is 0 Å². The number of aromatic nitrogens is 2. The summed E-state index contributed by atoms with van der Waals surface area (Å²) in [6.07, 6.45) is 2.41. The first-order valence-corrected chi connectivity index (χ1v) is 9.50. The highest BCUT2D eigenvalue weighted by molar-refractivity contribution is 5.83. The Morgan fingerprint density at radius 3 is 2.61 bits per heavy atom. The Bertz CT molecular complexity index is 1040. The van der Waals surface area contributed by atoms with E-state index in [1.807, 2.05) is 25.1 Å². The number of piperazine rings is 1. The molecule has 3 aromatic rings. The molecule has 1 fully saturated rings. The van der Waals surface area contributed by atoms with E-state index in [0.717, 1.165) is 37.6 Å². The summed E-state index contributed by atoms with van der Waals surface area (Å²) in [5.74, 6) is 1.87. The summed E-state index contributed by atoms with van der Waals surface area (Å²) in [7, 11) is 3.73. The number of fused-ring (bicyclic) bond motifs is 1. The van der Waals surface area contributed by atoms with E-state index in [-0.39, 0.29) is 11.5 Å². The van der Waals surface area contributed by atoms with Gasteiger partial charge in [0, 0.05) is 38.4 Å². The molecule has 3 heterocycles. The van der Waals surface area contributed by atoms with Gasteiger partial charge in [-0.2, -0.15) is 0 Å². The van der Waals surface area contributed by atoms with E-state index in [1.54, 1.807) is 19.4 Å². The van der Waals surface area contributed by atoms with Crippen LogP contribution in [0.1, 0.15) is 12.5 Å². The van der Waals surface area contributed by atoms with Crippen LogP contribution in [0.25, 0.3) is 22.4 Å². The lowest BCUT2D eigenvalue weighted by atomic mass is 10.1. The number of hydrogen-bond acceptors (Lipinski definition) is 7. The number of nitrogens with zero attached hydrogens (tertiary/aromatic N) is 4. The van der Waals surface area contributed by atoms with Gasteiger partial charge in [0.1, 0.15) is 11.6 Å². The maximum atomic E-state index is 12.6. The van der Waals surface area contributed by atoms with Crippen LogP contribution < -0.4 is 15.3 Å². The second-order valence-electron chi connectivity index (χ2n) is 7.04. The van der Waals surface area contributed by atoms with Crippen molar-refractivity contribution < 1.29 is 9.15 Å². The van der Waals surface area contributed by atoms with Gasteiger partial charge in [-0.1, -0.05) is 6.92 Å². The van der Waals surface area contributed by atoms with Crippen LogP contribution in [-0.4, -0.2) is 55.2 Å². The number of likely N-dealkylation sites (N-methyl/N-ethyl adjacent to an activating group) is 1. The third-order valence-corrected chi connectivity index (χ3v) is 5.23. The fourth-order valence-corrected chi connectivity index (χ4v) is 3.51. The van der Waals surface area contributed by atoms with Crippen molar-refractivity contribution in [1.29, 1.82) is 0 Å². The summed E-state index contributed by atoms with van der Waals surface area (Å²) in [6, 6.07) is 7.47. The molecule has 0 spiro atoms. The summed E-state index contributed by atoms with van der Waals surface area (Å²) in [6.45, 7) is 5.93. The van der Waals surface area contributed by atoms with Gasteiger partial charge in [-0.15, -0.1) is 0 Å². The molecule has 0 atom stereocenters. The molecular weight excluding hydrogens is 356 g/mol. The summed E-state index contributed by atoms with van der Waals surface area (Å²) in [5.41, 5.74) is 1.73. The van der Waals surface area contributed by atoms with Gasteiger partial charge in [0.25, 0.3) is 0 Å². The molecule has 0 radical (unpaired) electrons. The molecule has 0 saturated carbocycles. The predicted octanol–water partition coefficient (Wildman–Crippen LogP) is 2.57. The second kappa shape index (κ2) is 7.59. The van der Waals surface area contributed by atoms with Crippen molar-refractivity contribution in [1.82, 2.24) is 14.9 Å². The molecule has 0 aliphatic carbocycles. The largest absolute Gasteiger partial charge is 0.497 e. The summed E-state index contributed by atoms with van der Waals surface area (Å²) in [4.78, 5) is 26.3. The zero-order chi connectivity index (χ0) is 19.7. The maximum Gasteiger partial charge on any atom is 0.347 e. The van der Waals surface area contributed by atoms with Crippen LogP contribution in [0.2, 0.25) is 0 Å². The van der Waals surface area contributed by atoms with Gasteiger partial charge in [-0.05, 0) is 37.2 Å². The number of anilines is 1. The van der Waals surface area contributed by atoms with Gasteiger partial charge in [0.15, 0.2) is 0 Å². The molecule has 1 saturated heterocycles. The first kappa shape index (κ1) is 18.4. The normalized spacial score (nSPS) is 15.2. The van der Waals surface area contributed by atoms with E-state index in [1.165, 1.54) is 0 Å². The minimum absolute atomic E-state index is 0.269. The Hall–Kier alpha value is -2.93. The lowest BCUT2D eigenvalue weighted by Gasteiger charge is -2.33. The van der Waals surface area contributed by atoms with E-state index in [0.29, 0.717) is 28.6 Å². The Morgan fingerprint density at radius 2 is 1.96 bits per heavy atom. The zero-order valence-electron chi connectivity index (χ0n) is 16.4. The topological polar surface area (TPSA) is 71.7 Å². The van der Waals surface area contributed by atoms with Crippen LogP contribution in [0.3, 0.4) is 0 Å². The van der Waals surface area contributed by atoms with Gasteiger partial charge in [0.2, 0.25) is 5.89 Å². The molecule has 28 heavy (non-hydrogen) atoms. The van der Waals surface area contributed by atoms with Crippen molar-refractivity contribution >= 4 is 16.7 Å². The first-order chi connectivity index (χ1) is 13.6. The van der Waals surface area contributed by atoms with Crippen LogP contribution in [0, 0.1) is 0 Å². The minimum atomic E-state index is -0.386. The van der Waals surface area contributed by atoms with E-state index in [9.17, 15) is 4.79 Å². The minimum Gasteiger partial charge on any atom is -0.497 e. The summed E-state index contributed by atoms with van der Waals surface area (Å²) < 4.78 is 10.9. The highest BCUT2D eigenvalue weighted by Gasteiger charge is 2.17. The van der Waals surface area contributed by atoms with Crippen molar-refractivity contribution in [2.24, 2.45) is 0 Å². The molecule has 0 unspecified atom stereocenters. The summed E-state index contributed by atoms with van der Waals surface area (Å²) in [5, 5.41) is 0.508. The maximum absolute atomic E-state index is 12.6. The predicted molar refractivity (Wildman–Crippen MR) is 109 cm³/mol. The van der Waals surface area contributed by atoms with Gasteiger partial charge < -0.3 is 19.0 Å². The molecule has 0 amide bonds. The van der Waals surface area contributed by atoms with Gasteiger partial charge in [-0.3, -0.25) is 0 Å². The third-order valence-electron chi connectivity index (χ3n) is 5.23. The average molecular weight is 380 g/mol. The molecule has 1 aliphatic rings. The number of ether oxygens (including phenoxy) is 1. The van der Waals surface area contributed by atoms with Crippen molar-refractivity contribution in [2.45, 2.75) is 13.3 Å². The average Bonchev–Trinajstić information content (AvgIpc) is 2.73. The van der Waals surface area contributed by atoms with Crippen LogP contribution in [0.4, 0.5) is 5.82 Å². The molecular formula is C21H24N4O3. The van der Waals surface area contributed by atoms with E-state index in [2.05, 4.69) is 26.8 Å². The number of hydrogen-bond donors (Lipinski definition) is 0. The monoisotopic (exact) mass is 380 g/mol. The van der Waals surface area contributed by atoms with Crippen LogP contribution in [0.5, 0.6) is 5.75 Å². The smallest absolute Gasteiger partial charge is 0.347 e. The van der Waals surface area contributed by atoms with Crippen molar-refractivity contribution in [3.63, 3.8) is 0 Å². The molecule has 1 aromatic carbocycles. The molecule has 4 rings (SSSR count). The molecule has 1 aliphatic heterocycles. The SMILES string of the molecule is CCc1cc(OC)cc2nc(-c3ccc(N4CCN(C)CC4)nc3)oc(=O)c12. The Kier molecular flexibility index (Phi) is 5.00. The van der Waals surface area contributed by atoms with Crippen molar-refractivity contribution in [3.05, 3.63) is 46.4 Å². The summed E-state index contributed by atoms with van der Waals surface area (Å²) >= 11 is 0. The molecule has 7 heteroatoms. The van der Waals surface area contributed by atoms with Gasteiger partial charge in [0.05, 0.1) is 23.6 Å². The number of benzene rings is 1. The van der Waals surface area contributed by atoms with E-state index < -0.39 is 0 Å². The highest BCUT2D eigenvalue weighted by atomic mass is 16.5. The first-order valence-electron chi connectivity index (χ1n) is 9.50. The van der Waals surface area contributed by atoms with Crippen LogP contribution in [-0.2, 0) is 6.42 Å². The number of methoxy groups -OCH3 is 1. The second-order valence-corrected chi connectivity index (χ2v) is 7.04. The number of pyridine rings is 1. The lowest BCUT2D eigenvalue weighted by Crippen LogP contribution is -2.44. The quantitative estimate of drug-likeness (QED) is 0.689. The lowest BCUT2D eigenvalue weighted by molar-refractivity contribution is 0.312. The Balaban J connectivity index is 1.70. The van der Waals surface area contributed by atoms with E-state index in [4.69, 9.17) is 9.15 Å². The number of rotatable bonds is 4. The molecule has 0 N–H and O–H groups in total. The molecule has 7 nitrogen and oxygen atoms in total. The molecule has 146 valence electrons. The number of aryl methyl sites for hydroxylation is 1. The van der Waals surface area contributed by atoms with Crippen LogP contribution in [0.15, 0.2) is 39.7 Å². The zero-order valence-corrected chi connectivity index (χ0v) is 16.4. The highest BCUT2D eigenvalue weighted by Crippen LogP contribution is 2.26. The Labute approximate surface area is 163 Å². The van der Waals surface area contributed by atoms with Crippen molar-refractivity contribution in [2.75, 3.05) is 45.2 Å². The van der Waals surface area contributed by atoms with Crippen molar-refractivity contribution in [3.8, 4) is 17.2 Å². The fraction of sp³-hybridized carbons (Fsp3) is 0.381. The standard InChI is InChI=1S/C21H24N4O3/c1-4-14-11-16(27-3)12-17-19(14)21(26)28-20(23-17)15-5-6-18(22-13-15)25-9-7-24(2)8-10-25/h5-6,11-13H,4,7-10H2,1-3H3. The van der Waals surface area contributed by atoms with E-state index >= 15 is 0 Å².